The monoisotopic (exact) mass is 1480 g/mol. The number of aromatic nitrogens is 8. The SMILES string of the molecule is Cc1cc(-c2c(C)ccc3c2oc2ncccc23)[n+](C)cc1-c1ccccc1.Cc1ccc2c(n1)oc1c(-c3ccc(-c4ccccc4)c[n+]3C)c(C)ccc12.[2H]C([2H])([2H])c1cc(C)c(-c2cc(C)c(-c3ccccc3)c[n+]2C)c2oc3ncccc3c12.[2H]C([2H])([2H])c1cc(C)c(-c2ccc(-c3ccccc3)c[n+]2C)c2oc3ncccc3c12. The Hall–Kier alpha value is -13.8. The van der Waals surface area contributed by atoms with Crippen molar-refractivity contribution in [3.8, 4) is 89.5 Å². The molecule has 0 unspecified atom stereocenters. The molecule has 12 aromatic heterocycles. The van der Waals surface area contributed by atoms with Crippen LogP contribution in [0.15, 0.2) is 304 Å². The highest BCUT2D eigenvalue weighted by Gasteiger charge is 2.29. The number of pyridine rings is 8. The first kappa shape index (κ1) is 65.1. The Morgan fingerprint density at radius 1 is 0.265 bits per heavy atom. The maximum atomic E-state index is 8.11. The van der Waals surface area contributed by atoms with Gasteiger partial charge in [-0.1, -0.05) is 158 Å². The molecule has 12 nitrogen and oxygen atoms in total. The van der Waals surface area contributed by atoms with Crippen LogP contribution in [-0.4, -0.2) is 19.9 Å². The number of hydrogen-bond acceptors (Lipinski definition) is 8. The van der Waals surface area contributed by atoms with E-state index in [0.29, 0.717) is 61.3 Å². The molecule has 0 aliphatic heterocycles. The molecule has 0 spiro atoms. The molecule has 0 bridgehead atoms. The third-order valence-electron chi connectivity index (χ3n) is 21.6. The van der Waals surface area contributed by atoms with Gasteiger partial charge in [-0.15, -0.1) is 0 Å². The molecule has 0 atom stereocenters. The van der Waals surface area contributed by atoms with Crippen LogP contribution in [0.1, 0.15) is 58.4 Å². The Balaban J connectivity index is 0.000000114. The van der Waals surface area contributed by atoms with Gasteiger partial charge in [0.2, 0.25) is 45.6 Å². The van der Waals surface area contributed by atoms with Crippen LogP contribution in [0.3, 0.4) is 0 Å². The summed E-state index contributed by atoms with van der Waals surface area (Å²) in [5.41, 5.74) is 30.8. The fourth-order valence-corrected chi connectivity index (χ4v) is 16.0. The minimum atomic E-state index is -2.26. The minimum Gasteiger partial charge on any atom is -0.437 e. The van der Waals surface area contributed by atoms with Crippen molar-refractivity contribution in [3.05, 3.63) is 336 Å². The third-order valence-corrected chi connectivity index (χ3v) is 21.6. The molecule has 8 aromatic carbocycles. The van der Waals surface area contributed by atoms with Crippen LogP contribution in [0, 0.1) is 62.2 Å². The lowest BCUT2D eigenvalue weighted by Crippen LogP contribution is -2.31. The molecule has 12 heterocycles. The Morgan fingerprint density at radius 3 is 1.05 bits per heavy atom. The van der Waals surface area contributed by atoms with Crippen molar-refractivity contribution in [2.45, 2.75) is 62.2 Å². The highest BCUT2D eigenvalue weighted by molar-refractivity contribution is 6.13. The average Bonchev–Trinajstić information content (AvgIpc) is 1.66. The lowest BCUT2D eigenvalue weighted by molar-refractivity contribution is -0.660. The summed E-state index contributed by atoms with van der Waals surface area (Å²) in [4.78, 5) is 17.7. The first-order valence-corrected chi connectivity index (χ1v) is 37.8. The number of aryl methyl sites for hydroxylation is 13. The summed E-state index contributed by atoms with van der Waals surface area (Å²) in [5, 5.41) is 6.98. The average molecular weight is 1480 g/mol. The molecular weight excluding hydrogens is 1390 g/mol. The van der Waals surface area contributed by atoms with Gasteiger partial charge >= 0.3 is 0 Å². The summed E-state index contributed by atoms with van der Waals surface area (Å²) in [7, 11) is 8.18. The number of rotatable bonds is 8. The molecule has 0 aliphatic carbocycles. The lowest BCUT2D eigenvalue weighted by Gasteiger charge is -2.11. The van der Waals surface area contributed by atoms with Gasteiger partial charge in [0.05, 0.1) is 22.3 Å². The molecule has 0 N–H and O–H groups in total. The summed E-state index contributed by atoms with van der Waals surface area (Å²) in [6.45, 7) is 9.86. The molecule has 20 aromatic rings. The van der Waals surface area contributed by atoms with Crippen molar-refractivity contribution in [2.24, 2.45) is 28.2 Å². The maximum Gasteiger partial charge on any atom is 0.227 e. The molecule has 0 fully saturated rings. The van der Waals surface area contributed by atoms with Crippen molar-refractivity contribution >= 4 is 88.3 Å². The smallest absolute Gasteiger partial charge is 0.227 e. The van der Waals surface area contributed by atoms with Gasteiger partial charge in [0.1, 0.15) is 28.2 Å². The molecule has 0 saturated carbocycles. The molecule has 20 rings (SSSR count). The maximum absolute atomic E-state index is 8.11. The van der Waals surface area contributed by atoms with Crippen molar-refractivity contribution in [2.75, 3.05) is 0 Å². The van der Waals surface area contributed by atoms with Gasteiger partial charge in [0.25, 0.3) is 0 Å². The number of fused-ring (bicyclic) bond motifs is 12. The van der Waals surface area contributed by atoms with Crippen LogP contribution >= 0.6 is 0 Å². The fraction of sp³-hybridized carbons (Fsp3) is 0.129. The lowest BCUT2D eigenvalue weighted by atomic mass is 9.95. The quantitative estimate of drug-likeness (QED) is 0.138. The van der Waals surface area contributed by atoms with Gasteiger partial charge in [-0.25, -0.2) is 38.2 Å². The van der Waals surface area contributed by atoms with Gasteiger partial charge in [0, 0.05) is 122 Å². The van der Waals surface area contributed by atoms with Crippen LogP contribution in [0.4, 0.5) is 0 Å². The van der Waals surface area contributed by atoms with E-state index in [9.17, 15) is 0 Å². The van der Waals surface area contributed by atoms with Crippen molar-refractivity contribution in [1.29, 1.82) is 0 Å². The molecule has 550 valence electrons. The van der Waals surface area contributed by atoms with E-state index in [1.807, 2.05) is 108 Å². The predicted octanol–water partition coefficient (Wildman–Crippen LogP) is 23.3. The van der Waals surface area contributed by atoms with Gasteiger partial charge in [-0.3, -0.25) is 0 Å². The normalized spacial score (nSPS) is 12.4. The topological polar surface area (TPSA) is 120 Å². The van der Waals surface area contributed by atoms with Crippen LogP contribution in [0.5, 0.6) is 0 Å². The first-order chi connectivity index (χ1) is 57.3. The summed E-state index contributed by atoms with van der Waals surface area (Å²) in [5.74, 6) is 0. The largest absolute Gasteiger partial charge is 0.437 e. The Labute approximate surface area is 664 Å². The second-order valence-electron chi connectivity index (χ2n) is 29.2. The molecule has 0 amide bonds. The van der Waals surface area contributed by atoms with Crippen molar-refractivity contribution < 1.29 is 44.2 Å². The van der Waals surface area contributed by atoms with Gasteiger partial charge in [-0.05, 0) is 190 Å². The van der Waals surface area contributed by atoms with Crippen molar-refractivity contribution in [1.82, 2.24) is 19.9 Å². The summed E-state index contributed by atoms with van der Waals surface area (Å²) in [6, 6.07) is 81.9. The predicted molar refractivity (Wildman–Crippen MR) is 457 cm³/mol. The highest BCUT2D eigenvalue weighted by atomic mass is 16.4. The molecule has 0 radical (unpaired) electrons. The molecule has 113 heavy (non-hydrogen) atoms. The highest BCUT2D eigenvalue weighted by Crippen LogP contribution is 2.43. The second kappa shape index (κ2) is 29.9. The summed E-state index contributed by atoms with van der Waals surface area (Å²) >= 11 is 0. The number of hydrogen-bond donors (Lipinski definition) is 0. The van der Waals surface area contributed by atoms with Gasteiger partial charge in [-0.2, -0.15) is 0 Å². The molecule has 0 aliphatic rings. The number of benzene rings is 8. The summed E-state index contributed by atoms with van der Waals surface area (Å²) < 4.78 is 81.8. The molecule has 0 saturated heterocycles. The Kier molecular flexibility index (Phi) is 17.2. The fourth-order valence-electron chi connectivity index (χ4n) is 16.0. The molecular formula is C101H86N8O4+4. The Morgan fingerprint density at radius 2 is 0.619 bits per heavy atom. The number of furan rings is 4. The van der Waals surface area contributed by atoms with Crippen LogP contribution in [0.25, 0.3) is 178 Å². The standard InChI is InChI=1S/C26H23N2O.3C25H21N2O/c1-16-14-22(28(4)15-21(16)19-9-6-5-7-10-19)24-18(3)13-17(2)23-20-11-8-12-27-26(20)29-25(23)24;1-16-14-17(2)23(24-22(16)20-10-7-13-26-25(20)28-24)21-12-11-19(15-27(21)3)18-8-5-4-6-9-18;1-16-11-12-19-20-10-7-13-26-25(20)28-24(19)23(16)22-14-17(2)21(15-27(22)3)18-8-5-4-6-9-18;1-16-9-12-20-21-13-10-17(2)26-25(21)28-24(20)23(16)22-14-11-19(15-27(22)3)18-7-5-4-6-8-18/h5-15H,1-4H3;3*4-15H,1-3H3/q4*+1/i2D3;1D3;;. The zero-order chi connectivity index (χ0) is 82.9. The minimum absolute atomic E-state index is 0.291. The van der Waals surface area contributed by atoms with E-state index in [1.165, 1.54) is 38.9 Å². The van der Waals surface area contributed by atoms with Crippen LogP contribution in [0.2, 0.25) is 0 Å². The zero-order valence-corrected chi connectivity index (χ0v) is 64.8. The summed E-state index contributed by atoms with van der Waals surface area (Å²) in [6.07, 6.45) is 13.7. The van der Waals surface area contributed by atoms with Crippen molar-refractivity contribution in [3.63, 3.8) is 0 Å². The zero-order valence-electron chi connectivity index (χ0n) is 70.8. The first-order valence-electron chi connectivity index (χ1n) is 40.8. The van der Waals surface area contributed by atoms with Crippen LogP contribution in [-0.2, 0) is 28.2 Å². The van der Waals surface area contributed by atoms with E-state index >= 15 is 0 Å². The van der Waals surface area contributed by atoms with Crippen LogP contribution < -0.4 is 18.3 Å². The molecule has 12 heteroatoms. The van der Waals surface area contributed by atoms with Gasteiger partial charge in [0.15, 0.2) is 47.1 Å². The van der Waals surface area contributed by atoms with Gasteiger partial charge < -0.3 is 17.7 Å². The Bertz CT molecular complexity index is 7340. The van der Waals surface area contributed by atoms with E-state index in [0.717, 1.165) is 128 Å². The van der Waals surface area contributed by atoms with E-state index in [-0.39, 0.29) is 0 Å². The van der Waals surface area contributed by atoms with E-state index in [1.54, 1.807) is 42.9 Å². The second-order valence-corrected chi connectivity index (χ2v) is 29.2. The third kappa shape index (κ3) is 13.4. The van der Waals surface area contributed by atoms with E-state index < -0.39 is 13.7 Å². The van der Waals surface area contributed by atoms with E-state index in [4.69, 9.17) is 25.9 Å². The van der Waals surface area contributed by atoms with E-state index in [2.05, 4.69) is 250 Å². The number of nitrogens with zero attached hydrogens (tertiary/aromatic N) is 8.